The average molecular weight is 407 g/mol. The number of aromatic nitrogens is 1. The SMILES string of the molecule is CCc1cnc(N2CCN(C(=O)c3ccc(C4CCNC4=O)cc3C)CC2)c(C)c1. The third kappa shape index (κ3) is 3.91. The molecule has 1 unspecified atom stereocenters. The first-order valence-corrected chi connectivity index (χ1v) is 10.9. The van der Waals surface area contributed by atoms with E-state index in [0.717, 1.165) is 55.0 Å². The maximum absolute atomic E-state index is 13.1. The lowest BCUT2D eigenvalue weighted by atomic mass is 9.94. The van der Waals surface area contributed by atoms with Gasteiger partial charge < -0.3 is 15.1 Å². The standard InChI is InChI=1S/C24H30N4O2/c1-4-18-13-17(3)22(26-15-18)27-9-11-28(12-10-27)24(30)20-6-5-19(14-16(20)2)21-7-8-25-23(21)29/h5-6,13-15,21H,4,7-12H2,1-3H3,(H,25,29). The first-order chi connectivity index (χ1) is 14.5. The smallest absolute Gasteiger partial charge is 0.254 e. The van der Waals surface area contributed by atoms with Crippen molar-refractivity contribution in [3.63, 3.8) is 0 Å². The van der Waals surface area contributed by atoms with Crippen molar-refractivity contribution in [1.82, 2.24) is 15.2 Å². The molecule has 2 aliphatic rings. The molecule has 2 aliphatic heterocycles. The summed E-state index contributed by atoms with van der Waals surface area (Å²) in [7, 11) is 0. The number of hydrogen-bond donors (Lipinski definition) is 1. The molecule has 3 heterocycles. The van der Waals surface area contributed by atoms with Crippen molar-refractivity contribution < 1.29 is 9.59 Å². The van der Waals surface area contributed by atoms with Gasteiger partial charge in [0.1, 0.15) is 5.82 Å². The van der Waals surface area contributed by atoms with Crippen LogP contribution in [-0.2, 0) is 11.2 Å². The van der Waals surface area contributed by atoms with Gasteiger partial charge in [0.05, 0.1) is 5.92 Å². The summed E-state index contributed by atoms with van der Waals surface area (Å²) >= 11 is 0. The van der Waals surface area contributed by atoms with Crippen LogP contribution < -0.4 is 10.2 Å². The molecule has 0 radical (unpaired) electrons. The fraction of sp³-hybridized carbons (Fsp3) is 0.458. The Morgan fingerprint density at radius 1 is 1.13 bits per heavy atom. The van der Waals surface area contributed by atoms with E-state index < -0.39 is 0 Å². The van der Waals surface area contributed by atoms with E-state index in [-0.39, 0.29) is 17.7 Å². The largest absolute Gasteiger partial charge is 0.356 e. The second-order valence-corrected chi connectivity index (χ2v) is 8.32. The fourth-order valence-corrected chi connectivity index (χ4v) is 4.50. The van der Waals surface area contributed by atoms with E-state index in [1.165, 1.54) is 11.1 Å². The summed E-state index contributed by atoms with van der Waals surface area (Å²) in [6.45, 7) is 9.86. The Bertz CT molecular complexity index is 964. The Hall–Kier alpha value is -2.89. The Morgan fingerprint density at radius 3 is 2.50 bits per heavy atom. The van der Waals surface area contributed by atoms with Gasteiger partial charge in [0.25, 0.3) is 5.91 Å². The van der Waals surface area contributed by atoms with Gasteiger partial charge in [0, 0.05) is 44.5 Å². The molecule has 2 saturated heterocycles. The van der Waals surface area contributed by atoms with Gasteiger partial charge in [0.15, 0.2) is 0 Å². The van der Waals surface area contributed by atoms with Crippen LogP contribution in [0.3, 0.4) is 0 Å². The van der Waals surface area contributed by atoms with E-state index in [0.29, 0.717) is 13.1 Å². The second-order valence-electron chi connectivity index (χ2n) is 8.32. The normalized spacial score (nSPS) is 19.2. The molecule has 2 fully saturated rings. The summed E-state index contributed by atoms with van der Waals surface area (Å²) in [4.78, 5) is 33.9. The number of pyridine rings is 1. The van der Waals surface area contributed by atoms with E-state index in [1.54, 1.807) is 0 Å². The van der Waals surface area contributed by atoms with Crippen molar-refractivity contribution in [3.05, 3.63) is 58.3 Å². The number of hydrogen-bond acceptors (Lipinski definition) is 4. The first-order valence-electron chi connectivity index (χ1n) is 10.9. The minimum Gasteiger partial charge on any atom is -0.356 e. The van der Waals surface area contributed by atoms with Crippen LogP contribution in [0.5, 0.6) is 0 Å². The lowest BCUT2D eigenvalue weighted by Gasteiger charge is -2.36. The monoisotopic (exact) mass is 406 g/mol. The number of piperazine rings is 1. The summed E-state index contributed by atoms with van der Waals surface area (Å²) < 4.78 is 0. The molecule has 4 rings (SSSR count). The Kier molecular flexibility index (Phi) is 5.75. The minimum atomic E-state index is -0.0915. The van der Waals surface area contributed by atoms with Crippen molar-refractivity contribution in [2.45, 2.75) is 39.5 Å². The lowest BCUT2D eigenvalue weighted by Crippen LogP contribution is -2.49. The quantitative estimate of drug-likeness (QED) is 0.848. The molecule has 2 amide bonds. The number of carbonyl (C=O) groups is 2. The molecule has 1 aromatic heterocycles. The molecular weight excluding hydrogens is 376 g/mol. The molecule has 0 spiro atoms. The van der Waals surface area contributed by atoms with Gasteiger partial charge in [0.2, 0.25) is 5.91 Å². The zero-order valence-electron chi connectivity index (χ0n) is 18.1. The van der Waals surface area contributed by atoms with Crippen molar-refractivity contribution >= 4 is 17.6 Å². The van der Waals surface area contributed by atoms with Gasteiger partial charge in [-0.1, -0.05) is 25.1 Å². The molecule has 2 aromatic rings. The van der Waals surface area contributed by atoms with Crippen molar-refractivity contribution in [2.75, 3.05) is 37.6 Å². The van der Waals surface area contributed by atoms with Crippen LogP contribution in [0.1, 0.15) is 51.9 Å². The van der Waals surface area contributed by atoms with Gasteiger partial charge in [-0.15, -0.1) is 0 Å². The molecule has 0 aliphatic carbocycles. The molecule has 30 heavy (non-hydrogen) atoms. The summed E-state index contributed by atoms with van der Waals surface area (Å²) in [5.74, 6) is 1.09. The molecule has 6 nitrogen and oxygen atoms in total. The lowest BCUT2D eigenvalue weighted by molar-refractivity contribution is -0.120. The fourth-order valence-electron chi connectivity index (χ4n) is 4.50. The Labute approximate surface area is 178 Å². The molecule has 0 bridgehead atoms. The van der Waals surface area contributed by atoms with Crippen LogP contribution in [0, 0.1) is 13.8 Å². The molecule has 1 aromatic carbocycles. The van der Waals surface area contributed by atoms with E-state index in [2.05, 4.69) is 35.1 Å². The van der Waals surface area contributed by atoms with Crippen LogP contribution in [0.2, 0.25) is 0 Å². The number of amides is 2. The van der Waals surface area contributed by atoms with E-state index in [1.807, 2.05) is 36.2 Å². The Morgan fingerprint density at radius 2 is 1.90 bits per heavy atom. The van der Waals surface area contributed by atoms with Gasteiger partial charge in [-0.3, -0.25) is 9.59 Å². The van der Waals surface area contributed by atoms with Crippen LogP contribution in [0.15, 0.2) is 30.5 Å². The zero-order valence-corrected chi connectivity index (χ0v) is 18.1. The number of carbonyl (C=O) groups excluding carboxylic acids is 2. The third-order valence-corrected chi connectivity index (χ3v) is 6.31. The van der Waals surface area contributed by atoms with Crippen LogP contribution in [-0.4, -0.2) is 54.4 Å². The van der Waals surface area contributed by atoms with Crippen molar-refractivity contribution in [2.24, 2.45) is 0 Å². The van der Waals surface area contributed by atoms with Gasteiger partial charge in [-0.05, 0) is 55.0 Å². The predicted octanol–water partition coefficient (Wildman–Crippen LogP) is 2.83. The third-order valence-electron chi connectivity index (χ3n) is 6.31. The van der Waals surface area contributed by atoms with Crippen LogP contribution in [0.25, 0.3) is 0 Å². The maximum Gasteiger partial charge on any atom is 0.254 e. The predicted molar refractivity (Wildman–Crippen MR) is 118 cm³/mol. The molecule has 1 atom stereocenters. The molecule has 1 N–H and O–H groups in total. The van der Waals surface area contributed by atoms with Crippen LogP contribution in [0.4, 0.5) is 5.82 Å². The van der Waals surface area contributed by atoms with E-state index in [4.69, 9.17) is 0 Å². The minimum absolute atomic E-state index is 0.0700. The number of aryl methyl sites for hydroxylation is 3. The molecule has 158 valence electrons. The summed E-state index contributed by atoms with van der Waals surface area (Å²) in [6, 6.07) is 8.03. The molecular formula is C24H30N4O2. The highest BCUT2D eigenvalue weighted by atomic mass is 16.2. The summed E-state index contributed by atoms with van der Waals surface area (Å²) in [6.07, 6.45) is 3.76. The highest BCUT2D eigenvalue weighted by Gasteiger charge is 2.28. The van der Waals surface area contributed by atoms with Crippen molar-refractivity contribution in [1.29, 1.82) is 0 Å². The van der Waals surface area contributed by atoms with Gasteiger partial charge in [-0.2, -0.15) is 0 Å². The van der Waals surface area contributed by atoms with Crippen molar-refractivity contribution in [3.8, 4) is 0 Å². The number of anilines is 1. The summed E-state index contributed by atoms with van der Waals surface area (Å²) in [5.41, 5.74) is 5.11. The number of nitrogens with one attached hydrogen (secondary N) is 1. The van der Waals surface area contributed by atoms with E-state index >= 15 is 0 Å². The number of benzene rings is 1. The van der Waals surface area contributed by atoms with Gasteiger partial charge in [-0.25, -0.2) is 4.98 Å². The summed E-state index contributed by atoms with van der Waals surface area (Å²) in [5, 5.41) is 2.88. The zero-order chi connectivity index (χ0) is 21.3. The first kappa shape index (κ1) is 20.4. The molecule has 6 heteroatoms. The highest BCUT2D eigenvalue weighted by Crippen LogP contribution is 2.26. The second kappa shape index (κ2) is 8.46. The van der Waals surface area contributed by atoms with E-state index in [9.17, 15) is 9.59 Å². The maximum atomic E-state index is 13.1. The Balaban J connectivity index is 1.42. The molecule has 0 saturated carbocycles. The number of nitrogens with zero attached hydrogens (tertiary/aromatic N) is 3. The highest BCUT2D eigenvalue weighted by molar-refractivity contribution is 5.96. The van der Waals surface area contributed by atoms with Gasteiger partial charge >= 0.3 is 0 Å². The number of rotatable bonds is 4. The topological polar surface area (TPSA) is 65.5 Å². The average Bonchev–Trinajstić information content (AvgIpc) is 3.19. The van der Waals surface area contributed by atoms with Crippen LogP contribution >= 0.6 is 0 Å².